The number of nitrogens with zero attached hydrogens (tertiary/aromatic N) is 1. The van der Waals surface area contributed by atoms with Gasteiger partial charge in [0, 0.05) is 5.39 Å². The predicted octanol–water partition coefficient (Wildman–Crippen LogP) is 4.09. The number of aromatic hydroxyl groups is 1. The number of phenolic OH excluding ortho intramolecular Hbond substituents is 1. The van der Waals surface area contributed by atoms with Gasteiger partial charge < -0.3 is 9.84 Å². The summed E-state index contributed by atoms with van der Waals surface area (Å²) in [4.78, 5) is 0. The second kappa shape index (κ2) is 6.81. The number of nitriles is 1. The largest absolute Gasteiger partial charge is 0.508 e. The van der Waals surface area contributed by atoms with Crippen LogP contribution in [0.25, 0.3) is 10.8 Å². The fraction of sp³-hybridized carbons (Fsp3) is 0. The molecule has 0 heterocycles. The van der Waals surface area contributed by atoms with E-state index in [0.717, 1.165) is 10.8 Å². The number of fused-ring (bicyclic) bond motifs is 1. The molecule has 3 rings (SSSR count). The highest BCUT2D eigenvalue weighted by Gasteiger charge is 1.99. The van der Waals surface area contributed by atoms with E-state index >= 15 is 0 Å². The first-order valence-electron chi connectivity index (χ1n) is 6.09. The zero-order valence-electron chi connectivity index (χ0n) is 10.7. The Bertz CT molecular complexity index is 712. The van der Waals surface area contributed by atoms with Crippen molar-refractivity contribution in [2.75, 3.05) is 0 Å². The van der Waals surface area contributed by atoms with Gasteiger partial charge in [-0.25, -0.2) is 0 Å². The van der Waals surface area contributed by atoms with E-state index in [1.165, 1.54) is 0 Å². The number of benzene rings is 3. The molecule has 3 aromatic rings. The third-order valence-electron chi connectivity index (χ3n) is 2.66. The molecule has 98 valence electrons. The van der Waals surface area contributed by atoms with Gasteiger partial charge in [-0.05, 0) is 23.6 Å². The SMILES string of the molecule is N#COc1cccc2ccccc12.Oc1ccccc1. The summed E-state index contributed by atoms with van der Waals surface area (Å²) in [5, 5.41) is 19.1. The van der Waals surface area contributed by atoms with E-state index in [-0.39, 0.29) is 0 Å². The summed E-state index contributed by atoms with van der Waals surface area (Å²) in [5.74, 6) is 0.933. The minimum Gasteiger partial charge on any atom is -0.508 e. The molecule has 0 aliphatic carbocycles. The Hall–Kier alpha value is -2.99. The first-order valence-corrected chi connectivity index (χ1v) is 6.09. The van der Waals surface area contributed by atoms with Gasteiger partial charge in [0.15, 0.2) is 0 Å². The fourth-order valence-corrected chi connectivity index (χ4v) is 1.76. The Morgan fingerprint density at radius 3 is 2.10 bits per heavy atom. The molecule has 0 saturated heterocycles. The molecule has 0 unspecified atom stereocenters. The van der Waals surface area contributed by atoms with Crippen molar-refractivity contribution in [1.82, 2.24) is 0 Å². The quantitative estimate of drug-likeness (QED) is 0.673. The summed E-state index contributed by atoms with van der Waals surface area (Å²) >= 11 is 0. The molecule has 0 aromatic heterocycles. The molecule has 3 aromatic carbocycles. The standard InChI is InChI=1S/C11H7NO.C6H6O/c12-8-13-11-7-3-5-9-4-1-2-6-10(9)11;7-6-4-2-1-3-5-6/h1-7H;1-5,7H. The molecule has 0 aliphatic heterocycles. The Morgan fingerprint density at radius 1 is 0.800 bits per heavy atom. The molecule has 0 atom stereocenters. The van der Waals surface area contributed by atoms with Gasteiger partial charge in [-0.15, -0.1) is 5.26 Å². The maximum atomic E-state index is 8.63. The highest BCUT2D eigenvalue weighted by molar-refractivity contribution is 5.88. The van der Waals surface area contributed by atoms with Gasteiger partial charge in [0.25, 0.3) is 6.26 Å². The van der Waals surface area contributed by atoms with E-state index in [0.29, 0.717) is 11.5 Å². The number of hydrogen-bond acceptors (Lipinski definition) is 3. The topological polar surface area (TPSA) is 53.2 Å². The van der Waals surface area contributed by atoms with E-state index in [4.69, 9.17) is 15.1 Å². The molecule has 3 nitrogen and oxygen atoms in total. The van der Waals surface area contributed by atoms with Crippen molar-refractivity contribution < 1.29 is 9.84 Å². The monoisotopic (exact) mass is 263 g/mol. The van der Waals surface area contributed by atoms with Crippen LogP contribution in [0.3, 0.4) is 0 Å². The normalized spacial score (nSPS) is 9.15. The summed E-state index contributed by atoms with van der Waals surface area (Å²) in [6.45, 7) is 0. The van der Waals surface area contributed by atoms with Crippen LogP contribution < -0.4 is 4.74 Å². The van der Waals surface area contributed by atoms with Crippen LogP contribution in [-0.4, -0.2) is 5.11 Å². The van der Waals surface area contributed by atoms with Crippen LogP contribution in [0.5, 0.6) is 11.5 Å². The van der Waals surface area contributed by atoms with Crippen LogP contribution in [0.2, 0.25) is 0 Å². The average molecular weight is 263 g/mol. The van der Waals surface area contributed by atoms with E-state index in [1.54, 1.807) is 36.6 Å². The zero-order valence-corrected chi connectivity index (χ0v) is 10.7. The molecular weight excluding hydrogens is 250 g/mol. The third-order valence-corrected chi connectivity index (χ3v) is 2.66. The Morgan fingerprint density at radius 2 is 1.45 bits per heavy atom. The lowest BCUT2D eigenvalue weighted by atomic mass is 10.1. The van der Waals surface area contributed by atoms with Crippen molar-refractivity contribution in [3.63, 3.8) is 0 Å². The molecule has 0 bridgehead atoms. The average Bonchev–Trinajstić information content (AvgIpc) is 2.49. The molecule has 0 aliphatic rings. The number of hydrogen-bond donors (Lipinski definition) is 1. The van der Waals surface area contributed by atoms with Crippen LogP contribution >= 0.6 is 0 Å². The molecule has 0 radical (unpaired) electrons. The molecular formula is C17H13NO2. The smallest absolute Gasteiger partial charge is 0.292 e. The van der Waals surface area contributed by atoms with Gasteiger partial charge in [-0.2, -0.15) is 0 Å². The lowest BCUT2D eigenvalue weighted by Gasteiger charge is -2.00. The highest BCUT2D eigenvalue weighted by atomic mass is 16.5. The van der Waals surface area contributed by atoms with Crippen molar-refractivity contribution in [2.45, 2.75) is 0 Å². The van der Waals surface area contributed by atoms with Crippen LogP contribution in [0.1, 0.15) is 0 Å². The predicted molar refractivity (Wildman–Crippen MR) is 78.3 cm³/mol. The molecule has 0 saturated carbocycles. The Labute approximate surface area is 117 Å². The summed E-state index contributed by atoms with van der Waals surface area (Å²) in [5.41, 5.74) is 0. The second-order valence-corrected chi connectivity index (χ2v) is 4.01. The zero-order chi connectivity index (χ0) is 14.2. The number of rotatable bonds is 1. The third kappa shape index (κ3) is 3.50. The maximum Gasteiger partial charge on any atom is 0.292 e. The van der Waals surface area contributed by atoms with Crippen LogP contribution in [0.15, 0.2) is 72.8 Å². The van der Waals surface area contributed by atoms with Gasteiger partial charge in [-0.3, -0.25) is 0 Å². The van der Waals surface area contributed by atoms with Crippen LogP contribution in [-0.2, 0) is 0 Å². The first-order chi connectivity index (χ1) is 9.81. The molecule has 3 heteroatoms. The summed E-state index contributed by atoms with van der Waals surface area (Å²) in [7, 11) is 0. The van der Waals surface area contributed by atoms with Crippen LogP contribution in [0.4, 0.5) is 0 Å². The summed E-state index contributed by atoms with van der Waals surface area (Å²) < 4.78 is 4.82. The molecule has 0 amide bonds. The van der Waals surface area contributed by atoms with E-state index in [9.17, 15) is 0 Å². The van der Waals surface area contributed by atoms with Gasteiger partial charge in [0.05, 0.1) is 0 Å². The minimum atomic E-state index is 0.322. The van der Waals surface area contributed by atoms with Crippen LogP contribution in [0, 0.1) is 11.5 Å². The van der Waals surface area contributed by atoms with E-state index in [1.807, 2.05) is 42.5 Å². The molecule has 0 fully saturated rings. The number of ether oxygens (including phenoxy) is 1. The van der Waals surface area contributed by atoms with E-state index < -0.39 is 0 Å². The minimum absolute atomic E-state index is 0.322. The van der Waals surface area contributed by atoms with Gasteiger partial charge in [0.1, 0.15) is 11.5 Å². The molecule has 20 heavy (non-hydrogen) atoms. The van der Waals surface area contributed by atoms with Gasteiger partial charge >= 0.3 is 0 Å². The lowest BCUT2D eigenvalue weighted by Crippen LogP contribution is -1.82. The van der Waals surface area contributed by atoms with Gasteiger partial charge in [-0.1, -0.05) is 54.6 Å². The Kier molecular flexibility index (Phi) is 4.58. The Balaban J connectivity index is 0.000000178. The van der Waals surface area contributed by atoms with Crippen molar-refractivity contribution in [3.8, 4) is 17.8 Å². The lowest BCUT2D eigenvalue weighted by molar-refractivity contribution is 0.475. The van der Waals surface area contributed by atoms with Gasteiger partial charge in [0.2, 0.25) is 0 Å². The van der Waals surface area contributed by atoms with Crippen molar-refractivity contribution in [3.05, 3.63) is 72.8 Å². The molecule has 0 spiro atoms. The number of phenols is 1. The van der Waals surface area contributed by atoms with E-state index in [2.05, 4.69) is 0 Å². The highest BCUT2D eigenvalue weighted by Crippen LogP contribution is 2.24. The number of para-hydroxylation sites is 1. The van der Waals surface area contributed by atoms with Crippen molar-refractivity contribution in [2.24, 2.45) is 0 Å². The first kappa shape index (κ1) is 13.4. The fourth-order valence-electron chi connectivity index (χ4n) is 1.76. The summed E-state index contributed by atoms with van der Waals surface area (Å²) in [6, 6.07) is 22.1. The molecule has 1 N–H and O–H groups in total. The van der Waals surface area contributed by atoms with Crippen molar-refractivity contribution in [1.29, 1.82) is 5.26 Å². The maximum absolute atomic E-state index is 8.63. The van der Waals surface area contributed by atoms with Crippen molar-refractivity contribution >= 4 is 10.8 Å². The summed E-state index contributed by atoms with van der Waals surface area (Å²) in [6.07, 6.45) is 1.68. The second-order valence-electron chi connectivity index (χ2n) is 4.01.